The van der Waals surface area contributed by atoms with Gasteiger partial charge in [-0.1, -0.05) is 12.1 Å². The smallest absolute Gasteiger partial charge is 0.408 e. The van der Waals surface area contributed by atoms with Crippen LogP contribution in [-0.2, 0) is 9.53 Å². The van der Waals surface area contributed by atoms with Crippen LogP contribution in [0.2, 0.25) is 0 Å². The van der Waals surface area contributed by atoms with Crippen molar-refractivity contribution in [1.29, 1.82) is 5.26 Å². The third-order valence-electron chi connectivity index (χ3n) is 2.62. The van der Waals surface area contributed by atoms with Crippen molar-refractivity contribution in [2.45, 2.75) is 32.4 Å². The van der Waals surface area contributed by atoms with E-state index in [1.807, 2.05) is 6.07 Å². The van der Waals surface area contributed by atoms with Crippen LogP contribution < -0.4 is 10.7 Å². The Morgan fingerprint density at radius 1 is 1.38 bits per heavy atom. The summed E-state index contributed by atoms with van der Waals surface area (Å²) in [6.45, 7) is 4.45. The minimum absolute atomic E-state index is 0.512. The molecule has 0 bridgehead atoms. The SMILES string of the molecule is CC(C)(C)OC(=O)N[C@@H](CO)C(=O)N/N=C/c1ccc(C#N)cc1. The zero-order valence-electron chi connectivity index (χ0n) is 13.7. The second-order valence-electron chi connectivity index (χ2n) is 5.85. The number of alkyl carbamates (subject to hydrolysis) is 1. The van der Waals surface area contributed by atoms with E-state index in [-0.39, 0.29) is 0 Å². The standard InChI is InChI=1S/C16H20N4O4/c1-16(2,3)24-15(23)19-13(10-21)14(22)20-18-9-12-6-4-11(8-17)5-7-12/h4-7,9,13,21H,10H2,1-3H3,(H,19,23)(H,20,22)/b18-9+/t13-/m0/s1. The van der Waals surface area contributed by atoms with Crippen LogP contribution in [0.15, 0.2) is 29.4 Å². The second kappa shape index (κ2) is 8.64. The van der Waals surface area contributed by atoms with E-state index in [9.17, 15) is 14.7 Å². The fourth-order valence-corrected chi connectivity index (χ4v) is 1.54. The maximum atomic E-state index is 11.9. The summed E-state index contributed by atoms with van der Waals surface area (Å²) >= 11 is 0. The van der Waals surface area contributed by atoms with E-state index in [2.05, 4.69) is 15.8 Å². The molecule has 0 saturated carbocycles. The summed E-state index contributed by atoms with van der Waals surface area (Å²) in [4.78, 5) is 23.5. The van der Waals surface area contributed by atoms with Gasteiger partial charge < -0.3 is 15.2 Å². The Balaban J connectivity index is 2.56. The van der Waals surface area contributed by atoms with Crippen LogP contribution in [0, 0.1) is 11.3 Å². The summed E-state index contributed by atoms with van der Waals surface area (Å²) in [6, 6.07) is 7.37. The number of hydrogen-bond acceptors (Lipinski definition) is 6. The molecule has 1 aromatic rings. The number of hydrogen-bond donors (Lipinski definition) is 3. The molecule has 3 N–H and O–H groups in total. The van der Waals surface area contributed by atoms with Gasteiger partial charge in [0.2, 0.25) is 0 Å². The summed E-state index contributed by atoms with van der Waals surface area (Å²) in [5, 5.41) is 23.9. The summed E-state index contributed by atoms with van der Waals surface area (Å²) in [5.41, 5.74) is 2.69. The van der Waals surface area contributed by atoms with Crippen LogP contribution in [0.25, 0.3) is 0 Å². The molecule has 1 rings (SSSR count). The summed E-state index contributed by atoms with van der Waals surface area (Å²) in [6.07, 6.45) is 0.564. The molecule has 1 atom stereocenters. The first kappa shape index (κ1) is 19.1. The molecule has 24 heavy (non-hydrogen) atoms. The lowest BCUT2D eigenvalue weighted by molar-refractivity contribution is -0.124. The van der Waals surface area contributed by atoms with Crippen molar-refractivity contribution < 1.29 is 19.4 Å². The number of amides is 2. The van der Waals surface area contributed by atoms with E-state index in [4.69, 9.17) is 10.00 Å². The van der Waals surface area contributed by atoms with Crippen LogP contribution in [0.3, 0.4) is 0 Å². The molecule has 0 spiro atoms. The monoisotopic (exact) mass is 332 g/mol. The Hall–Kier alpha value is -2.92. The molecule has 1 aromatic carbocycles. The number of nitrogens with one attached hydrogen (secondary N) is 2. The van der Waals surface area contributed by atoms with Gasteiger partial charge in [-0.25, -0.2) is 10.2 Å². The third kappa shape index (κ3) is 6.89. The lowest BCUT2D eigenvalue weighted by Crippen LogP contribution is -2.49. The molecule has 128 valence electrons. The minimum Gasteiger partial charge on any atom is -0.444 e. The molecule has 0 radical (unpaired) electrons. The first-order chi connectivity index (χ1) is 11.2. The number of benzene rings is 1. The van der Waals surface area contributed by atoms with Gasteiger partial charge in [-0.2, -0.15) is 10.4 Å². The van der Waals surface area contributed by atoms with Gasteiger partial charge in [0.05, 0.1) is 24.5 Å². The lowest BCUT2D eigenvalue weighted by Gasteiger charge is -2.21. The fourth-order valence-electron chi connectivity index (χ4n) is 1.54. The van der Waals surface area contributed by atoms with E-state index < -0.39 is 30.3 Å². The van der Waals surface area contributed by atoms with Gasteiger partial charge >= 0.3 is 6.09 Å². The van der Waals surface area contributed by atoms with Gasteiger partial charge in [0.1, 0.15) is 11.6 Å². The normalized spacial score (nSPS) is 12.3. The van der Waals surface area contributed by atoms with Crippen LogP contribution in [0.5, 0.6) is 0 Å². The molecule has 0 aliphatic carbocycles. The first-order valence-corrected chi connectivity index (χ1v) is 7.18. The van der Waals surface area contributed by atoms with E-state index in [1.165, 1.54) is 6.21 Å². The zero-order valence-corrected chi connectivity index (χ0v) is 13.7. The highest BCUT2D eigenvalue weighted by Crippen LogP contribution is 2.06. The highest BCUT2D eigenvalue weighted by Gasteiger charge is 2.23. The summed E-state index contributed by atoms with van der Waals surface area (Å²) in [7, 11) is 0. The zero-order chi connectivity index (χ0) is 18.2. The quantitative estimate of drug-likeness (QED) is 0.546. The molecular formula is C16H20N4O4. The molecule has 0 aromatic heterocycles. The van der Waals surface area contributed by atoms with Crippen molar-refractivity contribution in [3.63, 3.8) is 0 Å². The second-order valence-corrected chi connectivity index (χ2v) is 5.85. The molecule has 0 aliphatic heterocycles. The summed E-state index contributed by atoms with van der Waals surface area (Å²) in [5.74, 6) is -0.687. The van der Waals surface area contributed by atoms with E-state index in [0.29, 0.717) is 11.1 Å². The maximum absolute atomic E-state index is 11.9. The largest absolute Gasteiger partial charge is 0.444 e. The van der Waals surface area contributed by atoms with E-state index in [1.54, 1.807) is 45.0 Å². The van der Waals surface area contributed by atoms with Crippen molar-refractivity contribution in [1.82, 2.24) is 10.7 Å². The van der Waals surface area contributed by atoms with Gasteiger partial charge in [0.25, 0.3) is 5.91 Å². The lowest BCUT2D eigenvalue weighted by atomic mass is 10.2. The minimum atomic E-state index is -1.18. The summed E-state index contributed by atoms with van der Waals surface area (Å²) < 4.78 is 5.01. The molecule has 0 heterocycles. The molecular weight excluding hydrogens is 312 g/mol. The average Bonchev–Trinajstić information content (AvgIpc) is 2.51. The number of carbonyl (C=O) groups excluding carboxylic acids is 2. The van der Waals surface area contributed by atoms with Crippen LogP contribution in [-0.4, -0.2) is 41.6 Å². The predicted molar refractivity (Wildman–Crippen MR) is 87.1 cm³/mol. The van der Waals surface area contributed by atoms with Crippen molar-refractivity contribution in [2.24, 2.45) is 5.10 Å². The Morgan fingerprint density at radius 2 is 2.00 bits per heavy atom. The number of aliphatic hydroxyl groups is 1. The Morgan fingerprint density at radius 3 is 2.50 bits per heavy atom. The van der Waals surface area contributed by atoms with Gasteiger partial charge in [-0.05, 0) is 38.5 Å². The van der Waals surface area contributed by atoms with Gasteiger partial charge in [0, 0.05) is 0 Å². The van der Waals surface area contributed by atoms with Crippen LogP contribution >= 0.6 is 0 Å². The number of aliphatic hydroxyl groups excluding tert-OH is 1. The molecule has 0 unspecified atom stereocenters. The van der Waals surface area contributed by atoms with Crippen molar-refractivity contribution in [3.05, 3.63) is 35.4 Å². The predicted octanol–water partition coefficient (Wildman–Crippen LogP) is 0.894. The number of hydrazone groups is 1. The topological polar surface area (TPSA) is 124 Å². The number of carbonyl (C=O) groups is 2. The van der Waals surface area contributed by atoms with Crippen molar-refractivity contribution in [3.8, 4) is 6.07 Å². The van der Waals surface area contributed by atoms with Crippen molar-refractivity contribution >= 4 is 18.2 Å². The van der Waals surface area contributed by atoms with Crippen molar-refractivity contribution in [2.75, 3.05) is 6.61 Å². The van der Waals surface area contributed by atoms with Gasteiger partial charge in [-0.15, -0.1) is 0 Å². The average molecular weight is 332 g/mol. The number of nitriles is 1. The van der Waals surface area contributed by atoms with Gasteiger partial charge in [0.15, 0.2) is 0 Å². The first-order valence-electron chi connectivity index (χ1n) is 7.18. The third-order valence-corrected chi connectivity index (χ3v) is 2.62. The fraction of sp³-hybridized carbons (Fsp3) is 0.375. The van der Waals surface area contributed by atoms with Crippen LogP contribution in [0.1, 0.15) is 31.9 Å². The highest BCUT2D eigenvalue weighted by atomic mass is 16.6. The Kier molecular flexibility index (Phi) is 6.89. The molecule has 8 heteroatoms. The molecule has 0 saturated heterocycles. The molecule has 0 fully saturated rings. The number of rotatable bonds is 5. The highest BCUT2D eigenvalue weighted by molar-refractivity contribution is 5.87. The Labute approximate surface area is 140 Å². The maximum Gasteiger partial charge on any atom is 0.408 e. The number of ether oxygens (including phenoxy) is 1. The molecule has 0 aliphatic rings. The molecule has 8 nitrogen and oxygen atoms in total. The van der Waals surface area contributed by atoms with Gasteiger partial charge in [-0.3, -0.25) is 4.79 Å². The van der Waals surface area contributed by atoms with E-state index >= 15 is 0 Å². The van der Waals surface area contributed by atoms with E-state index in [0.717, 1.165) is 0 Å². The van der Waals surface area contributed by atoms with Crippen LogP contribution in [0.4, 0.5) is 4.79 Å². The molecule has 2 amide bonds. The Bertz CT molecular complexity index is 642. The number of nitrogens with zero attached hydrogens (tertiary/aromatic N) is 2.